The predicted octanol–water partition coefficient (Wildman–Crippen LogP) is 4.55. The first kappa shape index (κ1) is 22.5. The molecule has 2 atom stereocenters. The summed E-state index contributed by atoms with van der Waals surface area (Å²) in [4.78, 5) is 45.2. The van der Waals surface area contributed by atoms with Gasteiger partial charge in [-0.3, -0.25) is 19.3 Å². The van der Waals surface area contributed by atoms with Gasteiger partial charge in [-0.05, 0) is 24.1 Å². The van der Waals surface area contributed by atoms with Gasteiger partial charge in [-0.2, -0.15) is 0 Å². The molecule has 1 amide bonds. The van der Waals surface area contributed by atoms with Crippen LogP contribution in [0.5, 0.6) is 5.75 Å². The maximum absolute atomic E-state index is 13.2. The van der Waals surface area contributed by atoms with Crippen LogP contribution in [0.3, 0.4) is 0 Å². The fraction of sp³-hybridized carbons (Fsp3) is 0.308. The molecule has 1 aliphatic heterocycles. The number of carbonyl (C=O) groups excluding carboxylic acids is 3. The molecule has 7 nitrogen and oxygen atoms in total. The number of hydrogen-bond donors (Lipinski definition) is 0. The van der Waals surface area contributed by atoms with Gasteiger partial charge < -0.3 is 9.15 Å². The number of para-hydroxylation sites is 1. The average molecular weight is 447 g/mol. The number of ketones is 2. The number of carbonyl (C=O) groups is 3. The van der Waals surface area contributed by atoms with Crippen molar-refractivity contribution >= 4 is 23.2 Å². The van der Waals surface area contributed by atoms with E-state index in [1.807, 2.05) is 38.1 Å². The molecule has 0 N–H and O–H groups in total. The van der Waals surface area contributed by atoms with Gasteiger partial charge in [0.1, 0.15) is 29.4 Å². The van der Waals surface area contributed by atoms with Crippen molar-refractivity contribution in [2.24, 2.45) is 11.8 Å². The fourth-order valence-corrected chi connectivity index (χ4v) is 4.32. The number of oxazole rings is 1. The third-order valence-electron chi connectivity index (χ3n) is 5.78. The smallest absolute Gasteiger partial charge is 0.295 e. The Morgan fingerprint density at radius 2 is 1.82 bits per heavy atom. The van der Waals surface area contributed by atoms with Gasteiger partial charge in [0.05, 0.1) is 13.2 Å². The van der Waals surface area contributed by atoms with Gasteiger partial charge in [-0.15, -0.1) is 0 Å². The van der Waals surface area contributed by atoms with E-state index in [0.717, 1.165) is 5.56 Å². The van der Waals surface area contributed by atoms with Crippen LogP contribution in [0.2, 0.25) is 0 Å². The number of aromatic nitrogens is 1. The van der Waals surface area contributed by atoms with Crippen molar-refractivity contribution in [3.05, 3.63) is 66.2 Å². The van der Waals surface area contributed by atoms with Gasteiger partial charge in [0.25, 0.3) is 5.91 Å². The maximum Gasteiger partial charge on any atom is 0.295 e. The number of anilines is 1. The molecule has 2 aromatic carbocycles. The van der Waals surface area contributed by atoms with Gasteiger partial charge in [0, 0.05) is 30.2 Å². The standard InChI is InChI=1S/C26H26N2O5/c1-15(2)13-21(29)23-24(19-7-5-6-8-22(19)32-4)28(26(31)25(23)30)18-11-9-17(10-12-18)20-14-33-16(3)27-20/h5-12,14-15,23-24H,13H2,1-4H3. The second-order valence-electron chi connectivity index (χ2n) is 8.57. The molecule has 1 aromatic heterocycles. The molecule has 0 spiro atoms. The molecule has 2 heterocycles. The van der Waals surface area contributed by atoms with Crippen molar-refractivity contribution < 1.29 is 23.5 Å². The first-order valence-electron chi connectivity index (χ1n) is 10.9. The number of amides is 1. The lowest BCUT2D eigenvalue weighted by atomic mass is 9.85. The van der Waals surface area contributed by atoms with E-state index in [1.165, 1.54) is 12.0 Å². The summed E-state index contributed by atoms with van der Waals surface area (Å²) in [6.45, 7) is 5.59. The predicted molar refractivity (Wildman–Crippen MR) is 123 cm³/mol. The lowest BCUT2D eigenvalue weighted by molar-refractivity contribution is -0.139. The molecule has 0 saturated carbocycles. The van der Waals surface area contributed by atoms with Crippen LogP contribution >= 0.6 is 0 Å². The first-order chi connectivity index (χ1) is 15.8. The third kappa shape index (κ3) is 4.18. The van der Waals surface area contributed by atoms with Crippen molar-refractivity contribution in [1.82, 2.24) is 4.98 Å². The zero-order valence-corrected chi connectivity index (χ0v) is 19.1. The van der Waals surface area contributed by atoms with Gasteiger partial charge >= 0.3 is 0 Å². The van der Waals surface area contributed by atoms with Crippen LogP contribution in [0.25, 0.3) is 11.3 Å². The van der Waals surface area contributed by atoms with Crippen molar-refractivity contribution in [2.45, 2.75) is 33.2 Å². The van der Waals surface area contributed by atoms with E-state index in [2.05, 4.69) is 4.98 Å². The molecular weight excluding hydrogens is 420 g/mol. The van der Waals surface area contributed by atoms with Crippen LogP contribution in [0.1, 0.15) is 37.8 Å². The van der Waals surface area contributed by atoms with Gasteiger partial charge in [-0.25, -0.2) is 4.98 Å². The molecular formula is C26H26N2O5. The second-order valence-corrected chi connectivity index (χ2v) is 8.57. The summed E-state index contributed by atoms with van der Waals surface area (Å²) in [5.41, 5.74) is 2.63. The highest BCUT2D eigenvalue weighted by atomic mass is 16.5. The Morgan fingerprint density at radius 1 is 1.12 bits per heavy atom. The highest BCUT2D eigenvalue weighted by Crippen LogP contribution is 2.44. The number of methoxy groups -OCH3 is 1. The number of ether oxygens (including phenoxy) is 1. The van der Waals surface area contributed by atoms with E-state index in [-0.39, 0.29) is 18.1 Å². The number of benzene rings is 2. The lowest BCUT2D eigenvalue weighted by Crippen LogP contribution is -2.31. The summed E-state index contributed by atoms with van der Waals surface area (Å²) in [7, 11) is 1.53. The largest absolute Gasteiger partial charge is 0.496 e. The summed E-state index contributed by atoms with van der Waals surface area (Å²) in [6, 6.07) is 13.5. The summed E-state index contributed by atoms with van der Waals surface area (Å²) < 4.78 is 10.8. The quantitative estimate of drug-likeness (QED) is 0.391. The topological polar surface area (TPSA) is 89.7 Å². The minimum absolute atomic E-state index is 0.0676. The number of aryl methyl sites for hydroxylation is 1. The van der Waals surface area contributed by atoms with E-state index in [9.17, 15) is 14.4 Å². The molecule has 3 aromatic rings. The van der Waals surface area contributed by atoms with E-state index < -0.39 is 23.7 Å². The zero-order chi connectivity index (χ0) is 23.7. The lowest BCUT2D eigenvalue weighted by Gasteiger charge is -2.28. The Hall–Kier alpha value is -3.74. The van der Waals surface area contributed by atoms with Crippen molar-refractivity contribution in [1.29, 1.82) is 0 Å². The van der Waals surface area contributed by atoms with Crippen LogP contribution in [-0.4, -0.2) is 29.6 Å². The Balaban J connectivity index is 1.80. The molecule has 2 unspecified atom stereocenters. The van der Waals surface area contributed by atoms with E-state index in [1.54, 1.807) is 37.5 Å². The number of hydrogen-bond acceptors (Lipinski definition) is 6. The maximum atomic E-state index is 13.2. The van der Waals surface area contributed by atoms with Crippen molar-refractivity contribution in [3.63, 3.8) is 0 Å². The molecule has 0 bridgehead atoms. The first-order valence-corrected chi connectivity index (χ1v) is 10.9. The van der Waals surface area contributed by atoms with Crippen molar-refractivity contribution in [2.75, 3.05) is 12.0 Å². The molecule has 0 radical (unpaired) electrons. The van der Waals surface area contributed by atoms with E-state index >= 15 is 0 Å². The average Bonchev–Trinajstić information content (AvgIpc) is 3.34. The van der Waals surface area contributed by atoms with Crippen LogP contribution in [0.4, 0.5) is 5.69 Å². The summed E-state index contributed by atoms with van der Waals surface area (Å²) in [6.07, 6.45) is 1.78. The Bertz CT molecular complexity index is 1200. The Kier molecular flexibility index (Phi) is 6.14. The molecule has 7 heteroatoms. The molecule has 33 heavy (non-hydrogen) atoms. The minimum atomic E-state index is -1.09. The molecule has 4 rings (SSSR count). The molecule has 1 fully saturated rings. The fourth-order valence-electron chi connectivity index (χ4n) is 4.32. The molecule has 1 saturated heterocycles. The summed E-state index contributed by atoms with van der Waals surface area (Å²) in [5, 5.41) is 0. The monoisotopic (exact) mass is 446 g/mol. The molecule has 0 aliphatic carbocycles. The van der Waals surface area contributed by atoms with Crippen LogP contribution in [0.15, 0.2) is 59.2 Å². The van der Waals surface area contributed by atoms with Crippen LogP contribution in [-0.2, 0) is 14.4 Å². The molecule has 170 valence electrons. The van der Waals surface area contributed by atoms with Crippen molar-refractivity contribution in [3.8, 4) is 17.0 Å². The number of nitrogens with zero attached hydrogens (tertiary/aromatic N) is 2. The van der Waals surface area contributed by atoms with E-state index in [4.69, 9.17) is 9.15 Å². The number of Topliss-reactive ketones (excluding diaryl/α,β-unsaturated/α-hetero) is 2. The molecule has 1 aliphatic rings. The third-order valence-corrected chi connectivity index (χ3v) is 5.78. The summed E-state index contributed by atoms with van der Waals surface area (Å²) >= 11 is 0. The zero-order valence-electron chi connectivity index (χ0n) is 19.1. The minimum Gasteiger partial charge on any atom is -0.496 e. The highest BCUT2D eigenvalue weighted by Gasteiger charge is 2.52. The Morgan fingerprint density at radius 3 is 2.42 bits per heavy atom. The second kappa shape index (κ2) is 9.02. The number of rotatable bonds is 7. The van der Waals surface area contributed by atoms with Gasteiger partial charge in [-0.1, -0.05) is 44.2 Å². The van der Waals surface area contributed by atoms with Gasteiger partial charge in [0.15, 0.2) is 5.89 Å². The highest BCUT2D eigenvalue weighted by molar-refractivity contribution is 6.48. The summed E-state index contributed by atoms with van der Waals surface area (Å²) in [5.74, 6) is -1.57. The normalized spacial score (nSPS) is 18.3. The van der Waals surface area contributed by atoms with Crippen LogP contribution in [0, 0.1) is 18.8 Å². The SMILES string of the molecule is COc1ccccc1C1C(C(=O)CC(C)C)C(=O)C(=O)N1c1ccc(-c2coc(C)n2)cc1. The van der Waals surface area contributed by atoms with E-state index in [0.29, 0.717) is 28.6 Å². The van der Waals surface area contributed by atoms with Crippen LogP contribution < -0.4 is 9.64 Å². The Labute approximate surface area is 192 Å². The van der Waals surface area contributed by atoms with Gasteiger partial charge in [0.2, 0.25) is 5.78 Å².